The Balaban J connectivity index is 2.46. The van der Waals surface area contributed by atoms with Crippen molar-refractivity contribution in [3.05, 3.63) is 70.6 Å². The maximum Gasteiger partial charge on any atom is 0.347 e. The van der Waals surface area contributed by atoms with E-state index in [9.17, 15) is 25.0 Å². The Kier molecular flexibility index (Phi) is 18.1. The van der Waals surface area contributed by atoms with Crippen LogP contribution in [0.1, 0.15) is 128 Å². The largest absolute Gasteiger partial charge is 0.458 e. The van der Waals surface area contributed by atoms with Gasteiger partial charge in [-0.05, 0) is 107 Å². The fourth-order valence-electron chi connectivity index (χ4n) is 8.05. The first-order chi connectivity index (χ1) is 29.8. The van der Waals surface area contributed by atoms with Gasteiger partial charge in [0.1, 0.15) is 29.5 Å². The van der Waals surface area contributed by atoms with Gasteiger partial charge in [0.25, 0.3) is 0 Å². The van der Waals surface area contributed by atoms with E-state index in [2.05, 4.69) is 30.5 Å². The fourth-order valence-corrected chi connectivity index (χ4v) is 9.34. The molecule has 3 rings (SSSR count). The van der Waals surface area contributed by atoms with Crippen molar-refractivity contribution >= 4 is 32.2 Å². The zero-order valence-electron chi connectivity index (χ0n) is 41.8. The van der Waals surface area contributed by atoms with E-state index in [0.29, 0.717) is 17.9 Å². The molecule has 2 aliphatic heterocycles. The molecule has 0 saturated carbocycles. The quantitative estimate of drug-likeness (QED) is 0.0190. The second-order valence-corrected chi connectivity index (χ2v) is 26.3. The zero-order chi connectivity index (χ0) is 49.6. The molecule has 15 nitrogen and oxygen atoms in total. The SMILES string of the molecule is C=C(CC[C@]12O[C@H](CN=[N+]=[N-])[C@@](O)(C(=O)OC(C)(C)C)[C@](C(=O)OC(C)(C)C)(O1)[C@H](OC(=O)/C=C/[C@@H](C)C[C@@H](C)CC)[C@H]2O[Si](C)(C)C(C)(C)C)[C@@H](OC(C)=O)[C@H](C)Cc1ccccc1. The van der Waals surface area contributed by atoms with Crippen molar-refractivity contribution in [1.29, 1.82) is 0 Å². The zero-order valence-corrected chi connectivity index (χ0v) is 42.8. The Morgan fingerprint density at radius 3 is 2.08 bits per heavy atom. The van der Waals surface area contributed by atoms with Crippen molar-refractivity contribution in [1.82, 2.24) is 0 Å². The van der Waals surface area contributed by atoms with Crippen molar-refractivity contribution in [2.45, 2.75) is 200 Å². The van der Waals surface area contributed by atoms with Crippen LogP contribution in [0.25, 0.3) is 10.4 Å². The molecule has 0 amide bonds. The highest BCUT2D eigenvalue weighted by Gasteiger charge is 2.86. The van der Waals surface area contributed by atoms with Crippen molar-refractivity contribution in [2.24, 2.45) is 22.9 Å². The molecule has 0 aliphatic carbocycles. The number of rotatable bonds is 20. The van der Waals surface area contributed by atoms with Crippen molar-refractivity contribution < 1.29 is 57.1 Å². The highest BCUT2D eigenvalue weighted by atomic mass is 28.4. The number of hydrogen-bond acceptors (Lipinski definition) is 13. The summed E-state index contributed by atoms with van der Waals surface area (Å²) in [7, 11) is -3.06. The summed E-state index contributed by atoms with van der Waals surface area (Å²) < 4.78 is 45.2. The normalized spacial score (nSPS) is 26.6. The predicted octanol–water partition coefficient (Wildman–Crippen LogP) is 9.65. The molecule has 0 radical (unpaired) electrons. The van der Waals surface area contributed by atoms with Gasteiger partial charge in [-0.15, -0.1) is 0 Å². The van der Waals surface area contributed by atoms with Gasteiger partial charge in [-0.3, -0.25) is 4.79 Å². The van der Waals surface area contributed by atoms with Crippen LogP contribution < -0.4 is 0 Å². The third kappa shape index (κ3) is 13.3. The molecule has 2 aliphatic rings. The average molecular weight is 928 g/mol. The summed E-state index contributed by atoms with van der Waals surface area (Å²) in [5, 5.41) is 16.6. The minimum atomic E-state index is -3.20. The van der Waals surface area contributed by atoms with Crippen molar-refractivity contribution in [2.75, 3.05) is 6.54 Å². The summed E-state index contributed by atoms with van der Waals surface area (Å²) in [5.74, 6) is -6.20. The highest BCUT2D eigenvalue weighted by molar-refractivity contribution is 6.74. The molecule has 0 aromatic heterocycles. The van der Waals surface area contributed by atoms with Gasteiger partial charge in [0.2, 0.25) is 11.2 Å². The van der Waals surface area contributed by atoms with E-state index in [4.69, 9.17) is 32.8 Å². The third-order valence-electron chi connectivity index (χ3n) is 12.4. The molecule has 2 bridgehead atoms. The van der Waals surface area contributed by atoms with E-state index in [1.165, 1.54) is 13.0 Å². The second-order valence-electron chi connectivity index (χ2n) is 21.5. The first-order valence-electron chi connectivity index (χ1n) is 22.8. The van der Waals surface area contributed by atoms with E-state index < -0.39 is 96.4 Å². The molecular weight excluding hydrogens is 851 g/mol. The molecule has 65 heavy (non-hydrogen) atoms. The Hall–Kier alpha value is -4.05. The maximum atomic E-state index is 15.4. The van der Waals surface area contributed by atoms with Crippen LogP contribution >= 0.6 is 0 Å². The average Bonchev–Trinajstić information content (AvgIpc) is 3.40. The molecule has 1 aromatic rings. The number of fused-ring (bicyclic) bond motifs is 2. The lowest BCUT2D eigenvalue weighted by Gasteiger charge is -2.52. The smallest absolute Gasteiger partial charge is 0.347 e. The number of esters is 4. The van der Waals surface area contributed by atoms with Crippen LogP contribution in [-0.4, -0.2) is 96.5 Å². The minimum Gasteiger partial charge on any atom is -0.458 e. The van der Waals surface area contributed by atoms with Gasteiger partial charge in [-0.25, -0.2) is 14.4 Å². The topological polar surface area (TPSA) is 202 Å². The summed E-state index contributed by atoms with van der Waals surface area (Å²) in [6.07, 6.45) is -1.17. The lowest BCUT2D eigenvalue weighted by molar-refractivity contribution is -0.379. The fraction of sp³-hybridized carbons (Fsp3) is 0.714. The molecule has 364 valence electrons. The van der Waals surface area contributed by atoms with Crippen LogP contribution in [0.3, 0.4) is 0 Å². The summed E-state index contributed by atoms with van der Waals surface area (Å²) >= 11 is 0. The molecule has 16 heteroatoms. The Labute approximate surface area is 388 Å². The van der Waals surface area contributed by atoms with Crippen LogP contribution in [-0.2, 0) is 58.4 Å². The molecule has 2 saturated heterocycles. The third-order valence-corrected chi connectivity index (χ3v) is 16.9. The van der Waals surface area contributed by atoms with Gasteiger partial charge in [0.15, 0.2) is 20.2 Å². The first kappa shape index (κ1) is 55.3. The molecule has 10 atom stereocenters. The van der Waals surface area contributed by atoms with Crippen LogP contribution in [0.4, 0.5) is 0 Å². The molecule has 0 spiro atoms. The van der Waals surface area contributed by atoms with Crippen molar-refractivity contribution in [3.8, 4) is 0 Å². The Morgan fingerprint density at radius 1 is 0.969 bits per heavy atom. The number of carbonyl (C=O) groups is 4. The lowest BCUT2D eigenvalue weighted by Crippen LogP contribution is -2.78. The number of allylic oxidation sites excluding steroid dienone is 1. The molecular formula is C49H77N3O12Si. The van der Waals surface area contributed by atoms with E-state index in [1.807, 2.05) is 78.0 Å². The Bertz CT molecular complexity index is 1930. The number of aliphatic hydroxyl groups is 1. The van der Waals surface area contributed by atoms with Crippen LogP contribution in [0, 0.1) is 17.8 Å². The van der Waals surface area contributed by atoms with E-state index >= 15 is 4.79 Å². The molecule has 1 N–H and O–H groups in total. The first-order valence-corrected chi connectivity index (χ1v) is 25.7. The van der Waals surface area contributed by atoms with Gasteiger partial charge < -0.3 is 38.0 Å². The Morgan fingerprint density at radius 2 is 1.55 bits per heavy atom. The second kappa shape index (κ2) is 21.3. The molecule has 2 fully saturated rings. The van der Waals surface area contributed by atoms with Crippen LogP contribution in [0.15, 0.2) is 59.8 Å². The number of nitrogens with zero attached hydrogens (tertiary/aromatic N) is 3. The van der Waals surface area contributed by atoms with Gasteiger partial charge in [-0.1, -0.05) is 103 Å². The van der Waals surface area contributed by atoms with Gasteiger partial charge in [0, 0.05) is 30.3 Å². The lowest BCUT2D eigenvalue weighted by atomic mass is 9.74. The molecule has 1 aromatic carbocycles. The minimum absolute atomic E-state index is 0.00559. The predicted molar refractivity (Wildman–Crippen MR) is 250 cm³/mol. The summed E-state index contributed by atoms with van der Waals surface area (Å²) in [4.78, 5) is 60.1. The van der Waals surface area contributed by atoms with Crippen LogP contribution in [0.2, 0.25) is 18.1 Å². The summed E-state index contributed by atoms with van der Waals surface area (Å²) in [6.45, 7) is 32.4. The van der Waals surface area contributed by atoms with Gasteiger partial charge in [0.05, 0.1) is 6.54 Å². The van der Waals surface area contributed by atoms with E-state index in [-0.39, 0.29) is 24.7 Å². The number of benzene rings is 1. The van der Waals surface area contributed by atoms with Crippen LogP contribution in [0.5, 0.6) is 0 Å². The van der Waals surface area contributed by atoms with Gasteiger partial charge in [-0.2, -0.15) is 0 Å². The van der Waals surface area contributed by atoms with Gasteiger partial charge >= 0.3 is 23.9 Å². The van der Waals surface area contributed by atoms with Crippen molar-refractivity contribution in [3.63, 3.8) is 0 Å². The number of hydrogen-bond donors (Lipinski definition) is 1. The highest BCUT2D eigenvalue weighted by Crippen LogP contribution is 2.59. The standard InChI is InChI=1S/C49H77N3O12Si/c1-18-31(2)28-32(3)24-25-38(54)59-41-40(63-65(16,17)46(13,14)15)47(27-26-33(4)39(58-35(6)53)34(5)29-36-22-20-19-21-23-36)60-37(30-51-52-50)48(57,42(55)61-44(7,8)9)49(41,64-47)43(56)62-45(10,11)12/h19-25,31-32,34,37,39-41,57H,4,18,26-30H2,1-3,5-17H3/b25-24+/t31-,32+,34+,37+,39+,40+,41+,47-,48+,49-/m0/s1. The summed E-state index contributed by atoms with van der Waals surface area (Å²) in [5.41, 5.74) is 2.46. The number of ether oxygens (including phenoxy) is 6. The number of carbonyl (C=O) groups excluding carboxylic acids is 4. The maximum absolute atomic E-state index is 15.4. The monoisotopic (exact) mass is 928 g/mol. The number of azide groups is 1. The van der Waals surface area contributed by atoms with E-state index in [0.717, 1.165) is 18.4 Å². The summed E-state index contributed by atoms with van der Waals surface area (Å²) in [6, 6.07) is 9.71. The van der Waals surface area contributed by atoms with E-state index in [1.54, 1.807) is 47.6 Å². The molecule has 2 heterocycles. The molecule has 0 unspecified atom stereocenters.